The van der Waals surface area contributed by atoms with E-state index in [4.69, 9.17) is 5.11 Å². The van der Waals surface area contributed by atoms with Crippen LogP contribution in [0, 0.1) is 12.8 Å². The lowest BCUT2D eigenvalue weighted by molar-refractivity contribution is -0.126. The van der Waals surface area contributed by atoms with Gasteiger partial charge in [0.15, 0.2) is 0 Å². The van der Waals surface area contributed by atoms with Crippen LogP contribution in [0.5, 0.6) is 0 Å². The Morgan fingerprint density at radius 3 is 2.34 bits per heavy atom. The maximum absolute atomic E-state index is 12.7. The summed E-state index contributed by atoms with van der Waals surface area (Å²) in [5, 5.41) is 12.8. The number of carbonyl (C=O) groups excluding carboxylic acids is 2. The summed E-state index contributed by atoms with van der Waals surface area (Å²) in [7, 11) is 0. The zero-order valence-corrected chi connectivity index (χ0v) is 16.2. The number of amides is 2. The minimum absolute atomic E-state index is 0.00443. The SMILES string of the molecule is Cc1ccccc1C(=O)N1CCC(C(=O)NN=Cc2ccc(C(=O)O)cc2)CC1. The minimum Gasteiger partial charge on any atom is -0.478 e. The maximum Gasteiger partial charge on any atom is 0.335 e. The summed E-state index contributed by atoms with van der Waals surface area (Å²) in [6, 6.07) is 13.7. The molecule has 3 rings (SSSR count). The Hall–Kier alpha value is -3.48. The van der Waals surface area contributed by atoms with E-state index in [1.165, 1.54) is 18.3 Å². The lowest BCUT2D eigenvalue weighted by Crippen LogP contribution is -2.42. The van der Waals surface area contributed by atoms with Crippen molar-refractivity contribution in [3.8, 4) is 0 Å². The molecule has 0 radical (unpaired) electrons. The van der Waals surface area contributed by atoms with Crippen molar-refractivity contribution >= 4 is 24.0 Å². The summed E-state index contributed by atoms with van der Waals surface area (Å²) in [5.74, 6) is -1.35. The van der Waals surface area contributed by atoms with Crippen LogP contribution in [0.2, 0.25) is 0 Å². The number of benzene rings is 2. The molecule has 1 aliphatic rings. The number of hydrogen-bond donors (Lipinski definition) is 2. The highest BCUT2D eigenvalue weighted by atomic mass is 16.4. The Labute approximate surface area is 169 Å². The second-order valence-electron chi connectivity index (χ2n) is 7.04. The fourth-order valence-electron chi connectivity index (χ4n) is 3.30. The van der Waals surface area contributed by atoms with Crippen molar-refractivity contribution in [1.29, 1.82) is 0 Å². The highest BCUT2D eigenvalue weighted by Crippen LogP contribution is 2.20. The molecule has 2 aromatic carbocycles. The van der Waals surface area contributed by atoms with E-state index in [1.54, 1.807) is 17.0 Å². The van der Waals surface area contributed by atoms with Crippen molar-refractivity contribution in [1.82, 2.24) is 10.3 Å². The maximum atomic E-state index is 12.7. The first kappa shape index (κ1) is 20.3. The van der Waals surface area contributed by atoms with Gasteiger partial charge >= 0.3 is 5.97 Å². The van der Waals surface area contributed by atoms with Crippen molar-refractivity contribution in [3.63, 3.8) is 0 Å². The highest BCUT2D eigenvalue weighted by Gasteiger charge is 2.28. The molecule has 150 valence electrons. The van der Waals surface area contributed by atoms with Crippen LogP contribution in [0.15, 0.2) is 53.6 Å². The lowest BCUT2D eigenvalue weighted by Gasteiger charge is -2.31. The van der Waals surface area contributed by atoms with Crippen molar-refractivity contribution < 1.29 is 19.5 Å². The fraction of sp³-hybridized carbons (Fsp3) is 0.273. The third-order valence-corrected chi connectivity index (χ3v) is 5.07. The Kier molecular flexibility index (Phi) is 6.39. The molecule has 2 N–H and O–H groups in total. The predicted octanol–water partition coefficient (Wildman–Crippen LogP) is 2.70. The van der Waals surface area contributed by atoms with E-state index >= 15 is 0 Å². The van der Waals surface area contributed by atoms with Crippen molar-refractivity contribution in [2.24, 2.45) is 11.0 Å². The number of nitrogens with one attached hydrogen (secondary N) is 1. The molecule has 7 heteroatoms. The molecule has 0 saturated carbocycles. The molecule has 0 aliphatic carbocycles. The zero-order valence-electron chi connectivity index (χ0n) is 16.2. The minimum atomic E-state index is -0.992. The third kappa shape index (κ3) is 5.07. The second kappa shape index (κ2) is 9.14. The van der Waals surface area contributed by atoms with Gasteiger partial charge in [-0.1, -0.05) is 30.3 Å². The topological polar surface area (TPSA) is 99.1 Å². The van der Waals surface area contributed by atoms with Gasteiger partial charge < -0.3 is 10.0 Å². The number of hydrazone groups is 1. The van der Waals surface area contributed by atoms with Crippen molar-refractivity contribution in [3.05, 3.63) is 70.8 Å². The van der Waals surface area contributed by atoms with Gasteiger partial charge in [-0.3, -0.25) is 9.59 Å². The number of aryl methyl sites for hydroxylation is 1. The molecule has 0 unspecified atom stereocenters. The molecule has 1 heterocycles. The van der Waals surface area contributed by atoms with Gasteiger partial charge in [0.2, 0.25) is 5.91 Å². The molecule has 0 aromatic heterocycles. The average molecular weight is 393 g/mol. The van der Waals surface area contributed by atoms with Crippen LogP contribution in [-0.2, 0) is 4.79 Å². The first-order valence-electron chi connectivity index (χ1n) is 9.47. The largest absolute Gasteiger partial charge is 0.478 e. The Balaban J connectivity index is 1.49. The van der Waals surface area contributed by atoms with Gasteiger partial charge in [0, 0.05) is 24.6 Å². The molecule has 29 heavy (non-hydrogen) atoms. The van der Waals surface area contributed by atoms with Gasteiger partial charge in [-0.05, 0) is 49.1 Å². The molecule has 0 atom stereocenters. The summed E-state index contributed by atoms with van der Waals surface area (Å²) in [6.07, 6.45) is 2.65. The van der Waals surface area contributed by atoms with Crippen LogP contribution < -0.4 is 5.43 Å². The molecule has 1 fully saturated rings. The molecular weight excluding hydrogens is 370 g/mol. The van der Waals surface area contributed by atoms with Gasteiger partial charge in [-0.2, -0.15) is 5.10 Å². The molecule has 2 aromatic rings. The summed E-state index contributed by atoms with van der Waals surface area (Å²) in [5.41, 5.74) is 5.07. The molecule has 1 aliphatic heterocycles. The van der Waals surface area contributed by atoms with Crippen LogP contribution in [0.4, 0.5) is 0 Å². The number of carboxylic acid groups (broad SMARTS) is 1. The molecule has 7 nitrogen and oxygen atoms in total. The monoisotopic (exact) mass is 393 g/mol. The van der Waals surface area contributed by atoms with Gasteiger partial charge in [-0.15, -0.1) is 0 Å². The smallest absolute Gasteiger partial charge is 0.335 e. The molecule has 2 amide bonds. The molecule has 0 bridgehead atoms. The number of rotatable bonds is 5. The number of aromatic carboxylic acids is 1. The number of carbonyl (C=O) groups is 3. The zero-order chi connectivity index (χ0) is 20.8. The van der Waals surface area contributed by atoms with E-state index in [-0.39, 0.29) is 23.3 Å². The van der Waals surface area contributed by atoms with E-state index in [0.29, 0.717) is 37.1 Å². The van der Waals surface area contributed by atoms with Gasteiger partial charge in [0.05, 0.1) is 11.8 Å². The highest BCUT2D eigenvalue weighted by molar-refractivity contribution is 5.96. The van der Waals surface area contributed by atoms with Gasteiger partial charge in [0.1, 0.15) is 0 Å². The van der Waals surface area contributed by atoms with Crippen LogP contribution in [0.1, 0.15) is 44.7 Å². The molecular formula is C22H23N3O4. The van der Waals surface area contributed by atoms with Crippen LogP contribution in [0.3, 0.4) is 0 Å². The standard InChI is InChI=1S/C22H23N3O4/c1-15-4-2-3-5-19(15)21(27)25-12-10-17(11-13-25)20(26)24-23-14-16-6-8-18(9-7-16)22(28)29/h2-9,14,17H,10-13H2,1H3,(H,24,26)(H,28,29). The summed E-state index contributed by atoms with van der Waals surface area (Å²) < 4.78 is 0. The number of likely N-dealkylation sites (tertiary alicyclic amines) is 1. The fourth-order valence-corrected chi connectivity index (χ4v) is 3.30. The van der Waals surface area contributed by atoms with Gasteiger partial charge in [0.25, 0.3) is 5.91 Å². The van der Waals surface area contributed by atoms with Crippen molar-refractivity contribution in [2.75, 3.05) is 13.1 Å². The summed E-state index contributed by atoms with van der Waals surface area (Å²) >= 11 is 0. The predicted molar refractivity (Wildman–Crippen MR) is 109 cm³/mol. The Morgan fingerprint density at radius 1 is 1.07 bits per heavy atom. The number of hydrogen-bond acceptors (Lipinski definition) is 4. The second-order valence-corrected chi connectivity index (χ2v) is 7.04. The van der Waals surface area contributed by atoms with E-state index in [0.717, 1.165) is 5.56 Å². The van der Waals surface area contributed by atoms with Crippen LogP contribution in [-0.4, -0.2) is 47.1 Å². The number of piperidine rings is 1. The first-order valence-corrected chi connectivity index (χ1v) is 9.47. The Bertz CT molecular complexity index is 929. The number of nitrogens with zero attached hydrogens (tertiary/aromatic N) is 2. The van der Waals surface area contributed by atoms with E-state index < -0.39 is 5.97 Å². The Morgan fingerprint density at radius 2 is 1.72 bits per heavy atom. The van der Waals surface area contributed by atoms with Crippen molar-refractivity contribution in [2.45, 2.75) is 19.8 Å². The van der Waals surface area contributed by atoms with Gasteiger partial charge in [-0.25, -0.2) is 10.2 Å². The van der Waals surface area contributed by atoms with E-state index in [9.17, 15) is 14.4 Å². The third-order valence-electron chi connectivity index (χ3n) is 5.07. The summed E-state index contributed by atoms with van der Waals surface area (Å²) in [4.78, 5) is 37.6. The first-order chi connectivity index (χ1) is 14.0. The summed E-state index contributed by atoms with van der Waals surface area (Å²) in [6.45, 7) is 2.98. The van der Waals surface area contributed by atoms with E-state index in [1.807, 2.05) is 31.2 Å². The molecule has 0 spiro atoms. The van der Waals surface area contributed by atoms with E-state index in [2.05, 4.69) is 10.5 Å². The average Bonchev–Trinajstić information content (AvgIpc) is 2.74. The van der Waals surface area contributed by atoms with Crippen LogP contribution in [0.25, 0.3) is 0 Å². The number of carboxylic acids is 1. The van der Waals surface area contributed by atoms with Crippen LogP contribution >= 0.6 is 0 Å². The molecule has 1 saturated heterocycles. The quantitative estimate of drug-likeness (QED) is 0.603. The normalized spacial score (nSPS) is 14.7. The lowest BCUT2D eigenvalue weighted by atomic mass is 9.95.